The number of imidazole rings is 1. The van der Waals surface area contributed by atoms with Gasteiger partial charge in [-0.25, -0.2) is 4.98 Å². The van der Waals surface area contributed by atoms with Crippen molar-refractivity contribution >= 4 is 11.0 Å². The molecule has 3 aromatic rings. The highest BCUT2D eigenvalue weighted by Gasteiger charge is 2.23. The van der Waals surface area contributed by atoms with E-state index >= 15 is 0 Å². The van der Waals surface area contributed by atoms with Crippen molar-refractivity contribution in [1.82, 2.24) is 15.3 Å². The highest BCUT2D eigenvalue weighted by molar-refractivity contribution is 5.75. The zero-order chi connectivity index (χ0) is 12.7. The molecular formula is C16H15N3. The van der Waals surface area contributed by atoms with Crippen LogP contribution in [0, 0.1) is 0 Å². The van der Waals surface area contributed by atoms with Crippen LogP contribution in [-0.2, 0) is 6.42 Å². The highest BCUT2D eigenvalue weighted by atomic mass is 15.0. The second-order valence-electron chi connectivity index (χ2n) is 4.98. The number of aromatic amines is 1. The average molecular weight is 249 g/mol. The minimum Gasteiger partial charge on any atom is -0.340 e. The van der Waals surface area contributed by atoms with Gasteiger partial charge in [0.15, 0.2) is 0 Å². The first-order chi connectivity index (χ1) is 9.42. The van der Waals surface area contributed by atoms with Crippen LogP contribution in [0.25, 0.3) is 11.0 Å². The second-order valence-corrected chi connectivity index (χ2v) is 4.98. The molecule has 1 atom stereocenters. The summed E-state index contributed by atoms with van der Waals surface area (Å²) in [5.41, 5.74) is 4.89. The topological polar surface area (TPSA) is 40.7 Å². The normalized spacial score (nSPS) is 18.4. The number of hydrogen-bond acceptors (Lipinski definition) is 2. The first kappa shape index (κ1) is 10.8. The van der Waals surface area contributed by atoms with E-state index in [0.717, 1.165) is 29.8 Å². The zero-order valence-electron chi connectivity index (χ0n) is 10.6. The van der Waals surface area contributed by atoms with Gasteiger partial charge in [-0.1, -0.05) is 36.4 Å². The molecule has 1 aliphatic heterocycles. The Labute approximate surface area is 111 Å². The number of fused-ring (bicyclic) bond motifs is 2. The van der Waals surface area contributed by atoms with E-state index in [1.807, 2.05) is 18.2 Å². The van der Waals surface area contributed by atoms with Gasteiger partial charge in [0, 0.05) is 6.54 Å². The lowest BCUT2D eigenvalue weighted by molar-refractivity contribution is 0.549. The van der Waals surface area contributed by atoms with E-state index in [9.17, 15) is 0 Å². The molecule has 0 aliphatic carbocycles. The van der Waals surface area contributed by atoms with Crippen LogP contribution in [0.5, 0.6) is 0 Å². The van der Waals surface area contributed by atoms with E-state index < -0.39 is 0 Å². The van der Waals surface area contributed by atoms with Crippen LogP contribution >= 0.6 is 0 Å². The van der Waals surface area contributed by atoms with Crippen LogP contribution in [0.4, 0.5) is 0 Å². The first-order valence-electron chi connectivity index (χ1n) is 6.68. The Morgan fingerprint density at radius 1 is 1.00 bits per heavy atom. The number of nitrogens with zero attached hydrogens (tertiary/aromatic N) is 1. The summed E-state index contributed by atoms with van der Waals surface area (Å²) in [4.78, 5) is 8.15. The van der Waals surface area contributed by atoms with Crippen LogP contribution in [0.15, 0.2) is 48.5 Å². The quantitative estimate of drug-likeness (QED) is 0.696. The van der Waals surface area contributed by atoms with Crippen molar-refractivity contribution in [3.63, 3.8) is 0 Å². The number of nitrogens with one attached hydrogen (secondary N) is 2. The van der Waals surface area contributed by atoms with Gasteiger partial charge in [-0.2, -0.15) is 0 Å². The van der Waals surface area contributed by atoms with E-state index in [0.29, 0.717) is 0 Å². The molecule has 0 saturated carbocycles. The van der Waals surface area contributed by atoms with E-state index in [-0.39, 0.29) is 6.04 Å². The fourth-order valence-corrected chi connectivity index (χ4v) is 2.86. The Kier molecular flexibility index (Phi) is 2.38. The van der Waals surface area contributed by atoms with Crippen LogP contribution in [0.1, 0.15) is 23.0 Å². The molecule has 0 spiro atoms. The number of H-pyrrole nitrogens is 1. The average Bonchev–Trinajstić information content (AvgIpc) is 2.90. The summed E-state index contributed by atoms with van der Waals surface area (Å²) in [5, 5.41) is 3.56. The molecule has 3 heteroatoms. The van der Waals surface area contributed by atoms with Crippen molar-refractivity contribution in [2.75, 3.05) is 6.54 Å². The molecule has 1 unspecified atom stereocenters. The van der Waals surface area contributed by atoms with Crippen molar-refractivity contribution in [3.05, 3.63) is 65.5 Å². The molecule has 1 aromatic heterocycles. The van der Waals surface area contributed by atoms with Gasteiger partial charge in [-0.15, -0.1) is 0 Å². The first-order valence-corrected chi connectivity index (χ1v) is 6.68. The van der Waals surface area contributed by atoms with E-state index in [4.69, 9.17) is 4.98 Å². The lowest BCUT2D eigenvalue weighted by Crippen LogP contribution is -2.31. The molecule has 0 fully saturated rings. The van der Waals surface area contributed by atoms with E-state index in [1.54, 1.807) is 0 Å². The molecular weight excluding hydrogens is 234 g/mol. The van der Waals surface area contributed by atoms with Crippen molar-refractivity contribution < 1.29 is 0 Å². The van der Waals surface area contributed by atoms with Gasteiger partial charge in [-0.05, 0) is 29.7 Å². The molecule has 2 heterocycles. The Balaban J connectivity index is 1.85. The fraction of sp³-hybridized carbons (Fsp3) is 0.188. The minimum absolute atomic E-state index is 0.178. The van der Waals surface area contributed by atoms with Gasteiger partial charge in [0.1, 0.15) is 5.82 Å². The third-order valence-corrected chi connectivity index (χ3v) is 3.79. The molecule has 0 saturated heterocycles. The Bertz CT molecular complexity index is 696. The van der Waals surface area contributed by atoms with Crippen molar-refractivity contribution in [1.29, 1.82) is 0 Å². The maximum absolute atomic E-state index is 4.72. The molecule has 94 valence electrons. The number of benzene rings is 2. The smallest absolute Gasteiger partial charge is 0.129 e. The maximum atomic E-state index is 4.72. The number of aromatic nitrogens is 2. The molecule has 2 aromatic carbocycles. The monoisotopic (exact) mass is 249 g/mol. The highest BCUT2D eigenvalue weighted by Crippen LogP contribution is 2.28. The lowest BCUT2D eigenvalue weighted by Gasteiger charge is -2.25. The van der Waals surface area contributed by atoms with Gasteiger partial charge >= 0.3 is 0 Å². The fourth-order valence-electron chi connectivity index (χ4n) is 2.86. The lowest BCUT2D eigenvalue weighted by atomic mass is 9.94. The number of hydrogen-bond donors (Lipinski definition) is 2. The standard InChI is InChI=1S/C16H15N3/c1-2-6-12-11(5-1)9-10-17-15(12)16-18-13-7-3-4-8-14(13)19-16/h1-8,15,17H,9-10H2,(H,18,19). The predicted molar refractivity (Wildman–Crippen MR) is 76.1 cm³/mol. The maximum Gasteiger partial charge on any atom is 0.129 e. The molecule has 3 nitrogen and oxygen atoms in total. The van der Waals surface area contributed by atoms with Gasteiger partial charge in [-0.3, -0.25) is 0 Å². The van der Waals surface area contributed by atoms with Crippen LogP contribution < -0.4 is 5.32 Å². The minimum atomic E-state index is 0.178. The summed E-state index contributed by atoms with van der Waals surface area (Å²) in [6.07, 6.45) is 1.09. The van der Waals surface area contributed by atoms with Gasteiger partial charge in [0.25, 0.3) is 0 Å². The Morgan fingerprint density at radius 3 is 2.79 bits per heavy atom. The summed E-state index contributed by atoms with van der Waals surface area (Å²) in [6, 6.07) is 17.0. The predicted octanol–water partition coefficient (Wildman–Crippen LogP) is 2.80. The summed E-state index contributed by atoms with van der Waals surface area (Å²) in [6.45, 7) is 0.999. The van der Waals surface area contributed by atoms with Crippen LogP contribution in [-0.4, -0.2) is 16.5 Å². The van der Waals surface area contributed by atoms with Crippen LogP contribution in [0.2, 0.25) is 0 Å². The second kappa shape index (κ2) is 4.21. The third kappa shape index (κ3) is 1.74. The third-order valence-electron chi connectivity index (χ3n) is 3.79. The molecule has 4 rings (SSSR count). The van der Waals surface area contributed by atoms with Gasteiger partial charge in [0.2, 0.25) is 0 Å². The van der Waals surface area contributed by atoms with Crippen molar-refractivity contribution in [2.45, 2.75) is 12.5 Å². The van der Waals surface area contributed by atoms with Gasteiger partial charge < -0.3 is 10.3 Å². The Hall–Kier alpha value is -2.13. The summed E-state index contributed by atoms with van der Waals surface area (Å²) in [7, 11) is 0. The van der Waals surface area contributed by atoms with Gasteiger partial charge in [0.05, 0.1) is 17.1 Å². The SMILES string of the molecule is c1ccc2c(c1)CCNC2c1nc2ccccc2[nH]1. The molecule has 19 heavy (non-hydrogen) atoms. The van der Waals surface area contributed by atoms with E-state index in [1.165, 1.54) is 11.1 Å². The number of para-hydroxylation sites is 2. The van der Waals surface area contributed by atoms with Crippen molar-refractivity contribution in [3.8, 4) is 0 Å². The summed E-state index contributed by atoms with van der Waals surface area (Å²) in [5.74, 6) is 1.01. The van der Waals surface area contributed by atoms with Crippen LogP contribution in [0.3, 0.4) is 0 Å². The molecule has 0 radical (unpaired) electrons. The largest absolute Gasteiger partial charge is 0.340 e. The zero-order valence-corrected chi connectivity index (χ0v) is 10.6. The summed E-state index contributed by atoms with van der Waals surface area (Å²) < 4.78 is 0. The molecule has 0 amide bonds. The molecule has 2 N–H and O–H groups in total. The summed E-state index contributed by atoms with van der Waals surface area (Å²) >= 11 is 0. The number of rotatable bonds is 1. The Morgan fingerprint density at radius 2 is 1.84 bits per heavy atom. The molecule has 0 bridgehead atoms. The molecule has 1 aliphatic rings. The van der Waals surface area contributed by atoms with Crippen molar-refractivity contribution in [2.24, 2.45) is 0 Å². The van der Waals surface area contributed by atoms with E-state index in [2.05, 4.69) is 40.6 Å².